The Kier molecular flexibility index (Phi) is 6.92. The van der Waals surface area contributed by atoms with E-state index in [2.05, 4.69) is 73.6 Å². The molecule has 2 heteroatoms. The minimum atomic E-state index is 0.642. The van der Waals surface area contributed by atoms with Gasteiger partial charge in [0, 0.05) is 23.6 Å². The highest BCUT2D eigenvalue weighted by Crippen LogP contribution is 2.28. The van der Waals surface area contributed by atoms with E-state index in [0.29, 0.717) is 12.0 Å². The smallest absolute Gasteiger partial charge is 0.0410 e. The van der Waals surface area contributed by atoms with Crippen molar-refractivity contribution in [1.82, 2.24) is 0 Å². The zero-order chi connectivity index (χ0) is 14.4. The molecule has 0 atom stereocenters. The van der Waals surface area contributed by atoms with Gasteiger partial charge in [-0.15, -0.1) is 0 Å². The van der Waals surface area contributed by atoms with E-state index < -0.39 is 0 Å². The maximum absolute atomic E-state index is 3.64. The van der Waals surface area contributed by atoms with Crippen LogP contribution in [0.4, 0.5) is 5.69 Å². The van der Waals surface area contributed by atoms with Crippen LogP contribution in [0.3, 0.4) is 0 Å². The number of rotatable bonds is 7. The Hall–Kier alpha value is -0.500. The van der Waals surface area contributed by atoms with Gasteiger partial charge in [0.15, 0.2) is 0 Å². The van der Waals surface area contributed by atoms with E-state index in [-0.39, 0.29) is 0 Å². The van der Waals surface area contributed by atoms with Gasteiger partial charge in [0.25, 0.3) is 0 Å². The van der Waals surface area contributed by atoms with Crippen LogP contribution in [-0.4, -0.2) is 12.6 Å². The number of hydrogen-bond acceptors (Lipinski definition) is 1. The van der Waals surface area contributed by atoms with E-state index in [1.54, 1.807) is 0 Å². The van der Waals surface area contributed by atoms with Crippen LogP contribution in [-0.2, 0) is 5.33 Å². The molecule has 19 heavy (non-hydrogen) atoms. The minimum absolute atomic E-state index is 0.642. The molecule has 0 aromatic heterocycles. The monoisotopic (exact) mass is 325 g/mol. The topological polar surface area (TPSA) is 3.24 Å². The van der Waals surface area contributed by atoms with Crippen molar-refractivity contribution in [2.45, 2.75) is 58.8 Å². The average Bonchev–Trinajstić information content (AvgIpc) is 2.38. The first-order chi connectivity index (χ1) is 9.03. The fourth-order valence-corrected chi connectivity index (χ4v) is 3.12. The van der Waals surface area contributed by atoms with Crippen molar-refractivity contribution in [3.05, 3.63) is 29.3 Å². The lowest BCUT2D eigenvalue weighted by atomic mass is 10.0. The number of alkyl halides is 1. The van der Waals surface area contributed by atoms with E-state index in [1.165, 1.54) is 29.7 Å². The zero-order valence-electron chi connectivity index (χ0n) is 13.0. The molecule has 0 aliphatic rings. The molecular formula is C17H28BrN. The molecule has 1 aromatic carbocycles. The Morgan fingerprint density at radius 3 is 2.26 bits per heavy atom. The highest BCUT2D eigenvalue weighted by molar-refractivity contribution is 9.08. The van der Waals surface area contributed by atoms with Gasteiger partial charge in [-0.2, -0.15) is 0 Å². The van der Waals surface area contributed by atoms with Crippen LogP contribution in [0.5, 0.6) is 0 Å². The van der Waals surface area contributed by atoms with Gasteiger partial charge < -0.3 is 4.90 Å². The first-order valence-corrected chi connectivity index (χ1v) is 8.57. The molecule has 0 bridgehead atoms. The van der Waals surface area contributed by atoms with Crippen LogP contribution in [0.2, 0.25) is 0 Å². The molecule has 108 valence electrons. The van der Waals surface area contributed by atoms with E-state index >= 15 is 0 Å². The van der Waals surface area contributed by atoms with Crippen molar-refractivity contribution < 1.29 is 0 Å². The number of anilines is 1. The predicted molar refractivity (Wildman–Crippen MR) is 90.4 cm³/mol. The molecule has 0 fully saturated rings. The first kappa shape index (κ1) is 16.6. The number of hydrogen-bond donors (Lipinski definition) is 0. The Bertz CT molecular complexity index is 383. The summed E-state index contributed by atoms with van der Waals surface area (Å²) in [6.07, 6.45) is 2.41. The quantitative estimate of drug-likeness (QED) is 0.595. The fourth-order valence-electron chi connectivity index (χ4n) is 2.67. The normalized spacial score (nSPS) is 11.4. The van der Waals surface area contributed by atoms with Gasteiger partial charge in [-0.1, -0.05) is 61.3 Å². The molecule has 1 nitrogen and oxygen atoms in total. The summed E-state index contributed by atoms with van der Waals surface area (Å²) >= 11 is 3.64. The molecule has 1 aromatic rings. The predicted octanol–water partition coefficient (Wildman–Crippen LogP) is 5.54. The van der Waals surface area contributed by atoms with Crippen LogP contribution in [0, 0.1) is 12.8 Å². The fraction of sp³-hybridized carbons (Fsp3) is 0.647. The Labute approximate surface area is 127 Å². The summed E-state index contributed by atoms with van der Waals surface area (Å²) < 4.78 is 0. The summed E-state index contributed by atoms with van der Waals surface area (Å²) in [5.74, 6) is 0.685. The second kappa shape index (κ2) is 7.94. The molecule has 0 unspecified atom stereocenters. The molecule has 0 radical (unpaired) electrons. The van der Waals surface area contributed by atoms with Gasteiger partial charge in [-0.25, -0.2) is 0 Å². The van der Waals surface area contributed by atoms with E-state index in [9.17, 15) is 0 Å². The number of halogens is 1. The van der Waals surface area contributed by atoms with Gasteiger partial charge >= 0.3 is 0 Å². The molecule has 0 amide bonds. The molecule has 0 aliphatic carbocycles. The van der Waals surface area contributed by atoms with Crippen LogP contribution in [0.1, 0.15) is 51.7 Å². The summed E-state index contributed by atoms with van der Waals surface area (Å²) in [7, 11) is 0. The summed E-state index contributed by atoms with van der Waals surface area (Å²) in [5.41, 5.74) is 4.16. The van der Waals surface area contributed by atoms with Gasteiger partial charge in [0.2, 0.25) is 0 Å². The lowest BCUT2D eigenvalue weighted by molar-refractivity contribution is 0.507. The molecule has 0 saturated heterocycles. The second-order valence-corrected chi connectivity index (χ2v) is 6.34. The third-order valence-electron chi connectivity index (χ3n) is 3.63. The van der Waals surface area contributed by atoms with Crippen molar-refractivity contribution in [2.24, 2.45) is 5.92 Å². The van der Waals surface area contributed by atoms with E-state index in [1.807, 2.05) is 0 Å². The van der Waals surface area contributed by atoms with Gasteiger partial charge in [-0.3, -0.25) is 0 Å². The highest BCUT2D eigenvalue weighted by atomic mass is 79.9. The van der Waals surface area contributed by atoms with E-state index in [4.69, 9.17) is 0 Å². The standard InChI is InChI=1S/C17H28BrN/c1-6-16(7-2)19(12-13(3)4)17-9-8-14(5)10-15(17)11-18/h8-10,13,16H,6-7,11-12H2,1-5H3. The minimum Gasteiger partial charge on any atom is -0.368 e. The molecule has 0 N–H and O–H groups in total. The molecular weight excluding hydrogens is 298 g/mol. The van der Waals surface area contributed by atoms with Crippen molar-refractivity contribution in [1.29, 1.82) is 0 Å². The maximum Gasteiger partial charge on any atom is 0.0410 e. The Balaban J connectivity index is 3.15. The highest BCUT2D eigenvalue weighted by Gasteiger charge is 2.19. The largest absolute Gasteiger partial charge is 0.368 e. The SMILES string of the molecule is CCC(CC)N(CC(C)C)c1ccc(C)cc1CBr. The third kappa shape index (κ3) is 4.52. The summed E-state index contributed by atoms with van der Waals surface area (Å²) in [5, 5.41) is 0.929. The van der Waals surface area contributed by atoms with Crippen LogP contribution in [0.25, 0.3) is 0 Å². The first-order valence-electron chi connectivity index (χ1n) is 7.45. The zero-order valence-corrected chi connectivity index (χ0v) is 14.6. The summed E-state index contributed by atoms with van der Waals surface area (Å²) in [6, 6.07) is 7.48. The Morgan fingerprint density at radius 1 is 1.16 bits per heavy atom. The second-order valence-electron chi connectivity index (χ2n) is 5.78. The number of nitrogens with zero attached hydrogens (tertiary/aromatic N) is 1. The van der Waals surface area contributed by atoms with Gasteiger partial charge in [0.05, 0.1) is 0 Å². The third-order valence-corrected chi connectivity index (χ3v) is 4.24. The number of aryl methyl sites for hydroxylation is 1. The van der Waals surface area contributed by atoms with Gasteiger partial charge in [0.1, 0.15) is 0 Å². The van der Waals surface area contributed by atoms with Crippen LogP contribution < -0.4 is 4.90 Å². The lowest BCUT2D eigenvalue weighted by Gasteiger charge is -2.35. The molecule has 0 aliphatic heterocycles. The number of benzene rings is 1. The molecule has 1 rings (SSSR count). The maximum atomic E-state index is 3.64. The van der Waals surface area contributed by atoms with Crippen molar-refractivity contribution >= 4 is 21.6 Å². The van der Waals surface area contributed by atoms with Crippen LogP contribution >= 0.6 is 15.9 Å². The van der Waals surface area contributed by atoms with E-state index in [0.717, 1.165) is 11.9 Å². The summed E-state index contributed by atoms with van der Waals surface area (Å²) in [6.45, 7) is 12.5. The average molecular weight is 326 g/mol. The van der Waals surface area contributed by atoms with Gasteiger partial charge in [-0.05, 0) is 37.3 Å². The molecule has 0 spiro atoms. The van der Waals surface area contributed by atoms with Crippen LogP contribution in [0.15, 0.2) is 18.2 Å². The lowest BCUT2D eigenvalue weighted by Crippen LogP contribution is -2.38. The molecule has 0 saturated carbocycles. The van der Waals surface area contributed by atoms with Crippen molar-refractivity contribution in [3.8, 4) is 0 Å². The van der Waals surface area contributed by atoms with Crippen molar-refractivity contribution in [2.75, 3.05) is 11.4 Å². The Morgan fingerprint density at radius 2 is 1.79 bits per heavy atom. The van der Waals surface area contributed by atoms with Crippen molar-refractivity contribution in [3.63, 3.8) is 0 Å². The molecule has 0 heterocycles. The summed E-state index contributed by atoms with van der Waals surface area (Å²) in [4.78, 5) is 2.61.